The third kappa shape index (κ3) is 2.54. The maximum absolute atomic E-state index is 12.3. The van der Waals surface area contributed by atoms with Crippen molar-refractivity contribution in [1.29, 1.82) is 0 Å². The van der Waals surface area contributed by atoms with E-state index in [1.165, 1.54) is 0 Å². The predicted molar refractivity (Wildman–Crippen MR) is 69.6 cm³/mol. The van der Waals surface area contributed by atoms with Gasteiger partial charge >= 0.3 is 0 Å². The lowest BCUT2D eigenvalue weighted by molar-refractivity contribution is -0.134. The molecule has 1 N–H and O–H groups in total. The summed E-state index contributed by atoms with van der Waals surface area (Å²) in [7, 11) is 0. The maximum atomic E-state index is 12.3. The molecule has 0 bridgehead atoms. The Bertz CT molecular complexity index is 417. The number of carbonyl (C=O) groups excluding carboxylic acids is 1. The van der Waals surface area contributed by atoms with E-state index in [4.69, 9.17) is 9.84 Å². The standard InChI is InChI=1S/C14H19NO3/c1-2-11-5-3-4-6-12(11)15-8-10-18-13(7-9-16)14(15)17/h3-6,13,16H,2,7-10H2,1H3. The summed E-state index contributed by atoms with van der Waals surface area (Å²) >= 11 is 0. The maximum Gasteiger partial charge on any atom is 0.256 e. The summed E-state index contributed by atoms with van der Waals surface area (Å²) < 4.78 is 5.40. The molecule has 1 atom stereocenters. The summed E-state index contributed by atoms with van der Waals surface area (Å²) in [5.74, 6) is -0.0452. The molecule has 18 heavy (non-hydrogen) atoms. The molecule has 1 heterocycles. The SMILES string of the molecule is CCc1ccccc1N1CCOC(CCO)C1=O. The molecule has 0 spiro atoms. The van der Waals surface area contributed by atoms with Crippen molar-refractivity contribution in [2.75, 3.05) is 24.7 Å². The van der Waals surface area contributed by atoms with Gasteiger partial charge in [-0.25, -0.2) is 0 Å². The number of aliphatic hydroxyl groups excluding tert-OH is 1. The molecule has 98 valence electrons. The molecule has 4 heteroatoms. The molecular formula is C14H19NO3. The number of anilines is 1. The van der Waals surface area contributed by atoms with Gasteiger partial charge in [0.05, 0.1) is 6.61 Å². The van der Waals surface area contributed by atoms with Gasteiger partial charge in [0.1, 0.15) is 6.10 Å². The van der Waals surface area contributed by atoms with Crippen molar-refractivity contribution in [3.05, 3.63) is 29.8 Å². The number of ether oxygens (including phenoxy) is 1. The summed E-state index contributed by atoms with van der Waals surface area (Å²) in [6, 6.07) is 7.94. The largest absolute Gasteiger partial charge is 0.396 e. The average molecular weight is 249 g/mol. The number of carbonyl (C=O) groups is 1. The monoisotopic (exact) mass is 249 g/mol. The van der Waals surface area contributed by atoms with Crippen molar-refractivity contribution in [2.45, 2.75) is 25.9 Å². The molecule has 1 saturated heterocycles. The first kappa shape index (κ1) is 13.1. The van der Waals surface area contributed by atoms with Crippen LogP contribution in [0.2, 0.25) is 0 Å². The Labute approximate surface area is 107 Å². The van der Waals surface area contributed by atoms with Crippen LogP contribution in [0.1, 0.15) is 18.9 Å². The molecule has 1 aromatic rings. The Morgan fingerprint density at radius 3 is 2.94 bits per heavy atom. The van der Waals surface area contributed by atoms with Gasteiger partial charge in [-0.2, -0.15) is 0 Å². The summed E-state index contributed by atoms with van der Waals surface area (Å²) in [5, 5.41) is 8.94. The quantitative estimate of drug-likeness (QED) is 0.876. The van der Waals surface area contributed by atoms with E-state index in [9.17, 15) is 4.79 Å². The van der Waals surface area contributed by atoms with Gasteiger partial charge in [-0.3, -0.25) is 4.79 Å². The van der Waals surface area contributed by atoms with Crippen molar-refractivity contribution < 1.29 is 14.6 Å². The van der Waals surface area contributed by atoms with Gasteiger partial charge in [0, 0.05) is 25.3 Å². The molecule has 1 aromatic carbocycles. The molecule has 1 amide bonds. The lowest BCUT2D eigenvalue weighted by Crippen LogP contribution is -2.48. The molecule has 1 aliphatic heterocycles. The van der Waals surface area contributed by atoms with Gasteiger partial charge in [0.2, 0.25) is 0 Å². The normalized spacial score (nSPS) is 20.2. The second-order valence-corrected chi connectivity index (χ2v) is 4.34. The van der Waals surface area contributed by atoms with Crippen molar-refractivity contribution in [3.8, 4) is 0 Å². The second-order valence-electron chi connectivity index (χ2n) is 4.34. The molecule has 2 rings (SSSR count). The minimum absolute atomic E-state index is 0.0281. The van der Waals surface area contributed by atoms with E-state index in [1.807, 2.05) is 24.3 Å². The van der Waals surface area contributed by atoms with Crippen LogP contribution < -0.4 is 4.90 Å². The van der Waals surface area contributed by atoms with Crippen LogP contribution in [0.3, 0.4) is 0 Å². The Balaban J connectivity index is 2.23. The highest BCUT2D eigenvalue weighted by Crippen LogP contribution is 2.24. The number of hydrogen-bond acceptors (Lipinski definition) is 3. The van der Waals surface area contributed by atoms with Crippen LogP contribution in [-0.4, -0.2) is 36.9 Å². The third-order valence-corrected chi connectivity index (χ3v) is 3.23. The van der Waals surface area contributed by atoms with Crippen LogP contribution in [0.15, 0.2) is 24.3 Å². The fraction of sp³-hybridized carbons (Fsp3) is 0.500. The smallest absolute Gasteiger partial charge is 0.256 e. The lowest BCUT2D eigenvalue weighted by Gasteiger charge is -2.33. The number of hydrogen-bond donors (Lipinski definition) is 1. The highest BCUT2D eigenvalue weighted by atomic mass is 16.5. The number of nitrogens with zero attached hydrogens (tertiary/aromatic N) is 1. The van der Waals surface area contributed by atoms with E-state index in [1.54, 1.807) is 4.90 Å². The summed E-state index contributed by atoms with van der Waals surface area (Å²) in [4.78, 5) is 14.1. The molecule has 0 saturated carbocycles. The molecule has 0 aromatic heterocycles. The third-order valence-electron chi connectivity index (χ3n) is 3.23. The first-order chi connectivity index (χ1) is 8.77. The number of amides is 1. The molecule has 0 aliphatic carbocycles. The lowest BCUT2D eigenvalue weighted by atomic mass is 10.1. The van der Waals surface area contributed by atoms with Gasteiger partial charge in [0.15, 0.2) is 0 Å². The topological polar surface area (TPSA) is 49.8 Å². The van der Waals surface area contributed by atoms with Crippen LogP contribution in [0.5, 0.6) is 0 Å². The number of benzene rings is 1. The number of aliphatic hydroxyl groups is 1. The van der Waals surface area contributed by atoms with E-state index in [0.717, 1.165) is 17.7 Å². The number of morpholine rings is 1. The van der Waals surface area contributed by atoms with Gasteiger partial charge in [0.25, 0.3) is 5.91 Å². The molecule has 1 aliphatic rings. The first-order valence-electron chi connectivity index (χ1n) is 6.39. The average Bonchev–Trinajstić information content (AvgIpc) is 2.41. The van der Waals surface area contributed by atoms with Crippen molar-refractivity contribution >= 4 is 11.6 Å². The van der Waals surface area contributed by atoms with Crippen molar-refractivity contribution in [3.63, 3.8) is 0 Å². The van der Waals surface area contributed by atoms with E-state index >= 15 is 0 Å². The Morgan fingerprint density at radius 1 is 1.44 bits per heavy atom. The minimum atomic E-state index is -0.506. The highest BCUT2D eigenvalue weighted by molar-refractivity contribution is 5.97. The van der Waals surface area contributed by atoms with E-state index in [2.05, 4.69) is 6.92 Å². The summed E-state index contributed by atoms with van der Waals surface area (Å²) in [6.07, 6.45) is 0.753. The summed E-state index contributed by atoms with van der Waals surface area (Å²) in [6.45, 7) is 3.15. The Kier molecular flexibility index (Phi) is 4.33. The molecular weight excluding hydrogens is 230 g/mol. The minimum Gasteiger partial charge on any atom is -0.396 e. The van der Waals surface area contributed by atoms with Gasteiger partial charge in [-0.05, 0) is 18.1 Å². The summed E-state index contributed by atoms with van der Waals surface area (Å²) in [5.41, 5.74) is 2.13. The van der Waals surface area contributed by atoms with Gasteiger partial charge in [-0.15, -0.1) is 0 Å². The molecule has 1 unspecified atom stereocenters. The van der Waals surface area contributed by atoms with Crippen molar-refractivity contribution in [2.24, 2.45) is 0 Å². The zero-order valence-electron chi connectivity index (χ0n) is 10.6. The van der Waals surface area contributed by atoms with E-state index < -0.39 is 6.10 Å². The molecule has 4 nitrogen and oxygen atoms in total. The number of para-hydroxylation sites is 1. The van der Waals surface area contributed by atoms with Gasteiger partial charge < -0.3 is 14.7 Å². The van der Waals surface area contributed by atoms with Crippen LogP contribution in [0, 0.1) is 0 Å². The van der Waals surface area contributed by atoms with Crippen molar-refractivity contribution in [1.82, 2.24) is 0 Å². The van der Waals surface area contributed by atoms with Crippen LogP contribution in [0.4, 0.5) is 5.69 Å². The van der Waals surface area contributed by atoms with E-state index in [-0.39, 0.29) is 12.5 Å². The van der Waals surface area contributed by atoms with Crippen LogP contribution >= 0.6 is 0 Å². The first-order valence-corrected chi connectivity index (χ1v) is 6.39. The fourth-order valence-corrected chi connectivity index (χ4v) is 2.28. The Morgan fingerprint density at radius 2 is 2.22 bits per heavy atom. The molecule has 0 radical (unpaired) electrons. The highest BCUT2D eigenvalue weighted by Gasteiger charge is 2.30. The molecule has 1 fully saturated rings. The zero-order chi connectivity index (χ0) is 13.0. The van der Waals surface area contributed by atoms with Crippen LogP contribution in [0.25, 0.3) is 0 Å². The van der Waals surface area contributed by atoms with Crippen LogP contribution in [-0.2, 0) is 16.0 Å². The zero-order valence-corrected chi connectivity index (χ0v) is 10.6. The Hall–Kier alpha value is -1.39. The van der Waals surface area contributed by atoms with Gasteiger partial charge in [-0.1, -0.05) is 25.1 Å². The predicted octanol–water partition coefficient (Wildman–Crippen LogP) is 1.36. The second kappa shape index (κ2) is 5.98. The number of aryl methyl sites for hydroxylation is 1. The number of rotatable bonds is 4. The fourth-order valence-electron chi connectivity index (χ4n) is 2.28. The van der Waals surface area contributed by atoms with E-state index in [0.29, 0.717) is 19.6 Å².